The van der Waals surface area contributed by atoms with Gasteiger partial charge in [0.25, 0.3) is 0 Å². The average Bonchev–Trinajstić information content (AvgIpc) is 3.09. The Hall–Kier alpha value is -1.95. The molecule has 1 aromatic heterocycles. The first-order chi connectivity index (χ1) is 10.2. The van der Waals surface area contributed by atoms with E-state index in [2.05, 4.69) is 5.32 Å². The predicted octanol–water partition coefficient (Wildman–Crippen LogP) is 1.32. The molecular formula is C15H16N2O3S. The Balaban J connectivity index is 1.58. The standard InChI is InChI=1S/C15H16N2O3S/c18-13(16-8-10-4-3-7-21-10)9-17-14(19)11-5-1-2-6-12(11)15(17)20/h1-4,7,11-12H,5-6,8-9H2,(H,16,18)/t11-,12+. The highest BCUT2D eigenvalue weighted by atomic mass is 32.1. The minimum absolute atomic E-state index is 0.171. The van der Waals surface area contributed by atoms with Crippen molar-refractivity contribution in [1.82, 2.24) is 10.2 Å². The Morgan fingerprint density at radius 3 is 2.48 bits per heavy atom. The summed E-state index contributed by atoms with van der Waals surface area (Å²) < 4.78 is 0. The maximum Gasteiger partial charge on any atom is 0.240 e. The van der Waals surface area contributed by atoms with E-state index < -0.39 is 0 Å². The molecule has 21 heavy (non-hydrogen) atoms. The van der Waals surface area contributed by atoms with E-state index in [9.17, 15) is 14.4 Å². The molecular weight excluding hydrogens is 288 g/mol. The maximum atomic E-state index is 12.2. The molecule has 3 amide bonds. The van der Waals surface area contributed by atoms with Gasteiger partial charge in [-0.05, 0) is 24.3 Å². The number of likely N-dealkylation sites (tertiary alicyclic amines) is 1. The van der Waals surface area contributed by atoms with Crippen LogP contribution < -0.4 is 5.32 Å². The number of nitrogens with one attached hydrogen (secondary N) is 1. The summed E-state index contributed by atoms with van der Waals surface area (Å²) in [7, 11) is 0. The molecule has 1 aliphatic heterocycles. The third-order valence-corrected chi connectivity index (χ3v) is 4.82. The summed E-state index contributed by atoms with van der Waals surface area (Å²) in [5.74, 6) is -1.25. The zero-order valence-corrected chi connectivity index (χ0v) is 12.3. The lowest BCUT2D eigenvalue weighted by Crippen LogP contribution is -2.40. The lowest BCUT2D eigenvalue weighted by atomic mass is 9.85. The highest BCUT2D eigenvalue weighted by Gasteiger charge is 2.47. The van der Waals surface area contributed by atoms with E-state index in [1.807, 2.05) is 29.7 Å². The minimum atomic E-state index is -0.295. The Bertz CT molecular complexity index is 568. The fourth-order valence-corrected chi connectivity index (χ4v) is 3.47. The first-order valence-corrected chi connectivity index (χ1v) is 7.84. The number of nitrogens with zero attached hydrogens (tertiary/aromatic N) is 1. The SMILES string of the molecule is O=C(CN1C(=O)[C@H]2CC=CC[C@H]2C1=O)NCc1cccs1. The quantitative estimate of drug-likeness (QED) is 0.674. The van der Waals surface area contributed by atoms with Gasteiger partial charge in [0.05, 0.1) is 18.4 Å². The van der Waals surface area contributed by atoms with Crippen LogP contribution in [0.2, 0.25) is 0 Å². The van der Waals surface area contributed by atoms with E-state index in [-0.39, 0.29) is 36.1 Å². The number of fused-ring (bicyclic) bond motifs is 1. The van der Waals surface area contributed by atoms with Gasteiger partial charge in [-0.3, -0.25) is 19.3 Å². The number of hydrogen-bond donors (Lipinski definition) is 1. The van der Waals surface area contributed by atoms with Gasteiger partial charge in [0.2, 0.25) is 17.7 Å². The van der Waals surface area contributed by atoms with Crippen LogP contribution in [0.3, 0.4) is 0 Å². The molecule has 1 aliphatic carbocycles. The molecule has 3 rings (SSSR count). The highest BCUT2D eigenvalue weighted by Crippen LogP contribution is 2.34. The molecule has 0 spiro atoms. The second-order valence-corrected chi connectivity index (χ2v) is 6.31. The first-order valence-electron chi connectivity index (χ1n) is 6.96. The number of hydrogen-bond acceptors (Lipinski definition) is 4. The highest BCUT2D eigenvalue weighted by molar-refractivity contribution is 7.09. The van der Waals surface area contributed by atoms with Crippen molar-refractivity contribution in [2.45, 2.75) is 19.4 Å². The second kappa shape index (κ2) is 5.81. The molecule has 0 bridgehead atoms. The molecule has 6 heteroatoms. The lowest BCUT2D eigenvalue weighted by molar-refractivity contribution is -0.143. The molecule has 0 saturated carbocycles. The van der Waals surface area contributed by atoms with Crippen LogP contribution in [0.4, 0.5) is 0 Å². The summed E-state index contributed by atoms with van der Waals surface area (Å²) in [6.45, 7) is 0.261. The molecule has 2 aliphatic rings. The molecule has 0 unspecified atom stereocenters. The predicted molar refractivity (Wildman–Crippen MR) is 78.2 cm³/mol. The Labute approximate surface area is 126 Å². The zero-order valence-electron chi connectivity index (χ0n) is 11.5. The molecule has 0 radical (unpaired) electrons. The Morgan fingerprint density at radius 2 is 1.90 bits per heavy atom. The van der Waals surface area contributed by atoms with Crippen molar-refractivity contribution in [2.24, 2.45) is 11.8 Å². The van der Waals surface area contributed by atoms with Crippen LogP contribution >= 0.6 is 11.3 Å². The van der Waals surface area contributed by atoms with Crippen LogP contribution in [0, 0.1) is 11.8 Å². The van der Waals surface area contributed by atoms with Crippen LogP contribution in [0.25, 0.3) is 0 Å². The van der Waals surface area contributed by atoms with Crippen molar-refractivity contribution in [3.8, 4) is 0 Å². The van der Waals surface area contributed by atoms with Gasteiger partial charge in [-0.15, -0.1) is 11.3 Å². The van der Waals surface area contributed by atoms with E-state index in [1.54, 1.807) is 11.3 Å². The molecule has 1 N–H and O–H groups in total. The normalized spacial score (nSPS) is 24.3. The first kappa shape index (κ1) is 14.0. The molecule has 2 atom stereocenters. The smallest absolute Gasteiger partial charge is 0.240 e. The van der Waals surface area contributed by atoms with Gasteiger partial charge in [-0.25, -0.2) is 0 Å². The zero-order chi connectivity index (χ0) is 14.8. The van der Waals surface area contributed by atoms with Crippen molar-refractivity contribution >= 4 is 29.1 Å². The number of imide groups is 1. The second-order valence-electron chi connectivity index (χ2n) is 5.27. The van der Waals surface area contributed by atoms with Crippen molar-refractivity contribution in [2.75, 3.05) is 6.54 Å². The van der Waals surface area contributed by atoms with Crippen molar-refractivity contribution in [3.63, 3.8) is 0 Å². The number of thiophene rings is 1. The van der Waals surface area contributed by atoms with E-state index in [1.165, 1.54) is 0 Å². The average molecular weight is 304 g/mol. The molecule has 1 saturated heterocycles. The van der Waals surface area contributed by atoms with Crippen LogP contribution in [0.1, 0.15) is 17.7 Å². The molecule has 1 aromatic rings. The van der Waals surface area contributed by atoms with Gasteiger partial charge < -0.3 is 5.32 Å². The van der Waals surface area contributed by atoms with Crippen LogP contribution in [-0.4, -0.2) is 29.2 Å². The summed E-state index contributed by atoms with van der Waals surface area (Å²) >= 11 is 1.55. The largest absolute Gasteiger partial charge is 0.350 e. The summed E-state index contributed by atoms with van der Waals surface area (Å²) in [4.78, 5) is 38.5. The Kier molecular flexibility index (Phi) is 3.88. The van der Waals surface area contributed by atoms with Gasteiger partial charge in [0.15, 0.2) is 0 Å². The molecule has 110 valence electrons. The molecule has 5 nitrogen and oxygen atoms in total. The van der Waals surface area contributed by atoms with Crippen LogP contribution in [0.15, 0.2) is 29.7 Å². The molecule has 0 aromatic carbocycles. The summed E-state index contributed by atoms with van der Waals surface area (Å²) in [5.41, 5.74) is 0. The summed E-state index contributed by atoms with van der Waals surface area (Å²) in [5, 5.41) is 4.68. The number of carbonyl (C=O) groups is 3. The molecule has 2 heterocycles. The number of carbonyl (C=O) groups excluding carboxylic acids is 3. The fraction of sp³-hybridized carbons (Fsp3) is 0.400. The van der Waals surface area contributed by atoms with Crippen molar-refractivity contribution in [1.29, 1.82) is 0 Å². The monoisotopic (exact) mass is 304 g/mol. The van der Waals surface area contributed by atoms with Gasteiger partial charge >= 0.3 is 0 Å². The van der Waals surface area contributed by atoms with Crippen molar-refractivity contribution < 1.29 is 14.4 Å². The number of amides is 3. The lowest BCUT2D eigenvalue weighted by Gasteiger charge is -2.14. The fourth-order valence-electron chi connectivity index (χ4n) is 2.82. The summed E-state index contributed by atoms with van der Waals surface area (Å²) in [6, 6.07) is 3.84. The Morgan fingerprint density at radius 1 is 1.24 bits per heavy atom. The van der Waals surface area contributed by atoms with Crippen LogP contribution in [-0.2, 0) is 20.9 Å². The summed E-state index contributed by atoms with van der Waals surface area (Å²) in [6.07, 6.45) is 5.07. The van der Waals surface area contributed by atoms with Gasteiger partial charge in [0.1, 0.15) is 6.54 Å². The topological polar surface area (TPSA) is 66.5 Å². The van der Waals surface area contributed by atoms with E-state index in [0.717, 1.165) is 9.78 Å². The third-order valence-electron chi connectivity index (χ3n) is 3.94. The number of rotatable bonds is 4. The van der Waals surface area contributed by atoms with Gasteiger partial charge in [0, 0.05) is 4.88 Å². The van der Waals surface area contributed by atoms with E-state index in [0.29, 0.717) is 19.4 Å². The minimum Gasteiger partial charge on any atom is -0.350 e. The maximum absolute atomic E-state index is 12.2. The number of allylic oxidation sites excluding steroid dienone is 2. The van der Waals surface area contributed by atoms with Gasteiger partial charge in [-0.2, -0.15) is 0 Å². The van der Waals surface area contributed by atoms with Crippen molar-refractivity contribution in [3.05, 3.63) is 34.5 Å². The van der Waals surface area contributed by atoms with E-state index >= 15 is 0 Å². The third kappa shape index (κ3) is 2.76. The van der Waals surface area contributed by atoms with Crippen LogP contribution in [0.5, 0.6) is 0 Å². The molecule has 1 fully saturated rings. The van der Waals surface area contributed by atoms with E-state index in [4.69, 9.17) is 0 Å². The van der Waals surface area contributed by atoms with Gasteiger partial charge in [-0.1, -0.05) is 18.2 Å².